The molecule has 0 aliphatic carbocycles. The Balaban J connectivity index is 1.99. The first-order valence-corrected chi connectivity index (χ1v) is 7.39. The summed E-state index contributed by atoms with van der Waals surface area (Å²) in [5.41, 5.74) is 3.09. The van der Waals surface area contributed by atoms with Crippen molar-refractivity contribution in [3.63, 3.8) is 0 Å². The van der Waals surface area contributed by atoms with Crippen molar-refractivity contribution in [2.75, 3.05) is 11.6 Å². The molecule has 0 saturated heterocycles. The molecule has 19 heavy (non-hydrogen) atoms. The van der Waals surface area contributed by atoms with Crippen LogP contribution in [0.15, 0.2) is 53.4 Å². The molecule has 0 aliphatic rings. The van der Waals surface area contributed by atoms with E-state index in [9.17, 15) is 4.79 Å². The van der Waals surface area contributed by atoms with E-state index in [1.165, 1.54) is 5.56 Å². The highest BCUT2D eigenvalue weighted by Gasteiger charge is 2.04. The van der Waals surface area contributed by atoms with E-state index in [1.807, 2.05) is 61.7 Å². The van der Waals surface area contributed by atoms with Crippen LogP contribution >= 0.6 is 11.8 Å². The summed E-state index contributed by atoms with van der Waals surface area (Å²) in [6, 6.07) is 15.9. The smallest absolute Gasteiger partial charge is 0.228 e. The maximum absolute atomic E-state index is 11.9. The molecule has 1 N–H and O–H groups in total. The Morgan fingerprint density at radius 1 is 1.16 bits per heavy atom. The maximum atomic E-state index is 11.9. The number of amides is 1. The van der Waals surface area contributed by atoms with Crippen LogP contribution in [-0.4, -0.2) is 12.2 Å². The Hall–Kier alpha value is -1.74. The lowest BCUT2D eigenvalue weighted by atomic mass is 10.1. The number of rotatable bonds is 4. The lowest BCUT2D eigenvalue weighted by Gasteiger charge is -2.07. The van der Waals surface area contributed by atoms with E-state index >= 15 is 0 Å². The molecule has 0 spiro atoms. The molecule has 0 aromatic heterocycles. The number of benzene rings is 2. The van der Waals surface area contributed by atoms with Gasteiger partial charge in [-0.1, -0.05) is 35.9 Å². The summed E-state index contributed by atoms with van der Waals surface area (Å²) in [6.07, 6.45) is 2.43. The van der Waals surface area contributed by atoms with Gasteiger partial charge in [0.05, 0.1) is 6.42 Å². The third kappa shape index (κ3) is 4.14. The first kappa shape index (κ1) is 13.7. The first-order chi connectivity index (χ1) is 9.17. The van der Waals surface area contributed by atoms with Gasteiger partial charge in [-0.15, -0.1) is 11.8 Å². The predicted molar refractivity (Wildman–Crippen MR) is 81.7 cm³/mol. The van der Waals surface area contributed by atoms with Crippen LogP contribution in [0.4, 0.5) is 5.69 Å². The number of thioether (sulfide) groups is 1. The highest BCUT2D eigenvalue weighted by Crippen LogP contribution is 2.19. The quantitative estimate of drug-likeness (QED) is 0.855. The second-order valence-electron chi connectivity index (χ2n) is 4.44. The molecule has 0 radical (unpaired) electrons. The molecule has 1 amide bonds. The molecule has 0 aliphatic heterocycles. The Bertz CT molecular complexity index is 563. The molecule has 2 aromatic carbocycles. The number of carbonyl (C=O) groups excluding carboxylic acids is 1. The molecule has 0 unspecified atom stereocenters. The maximum Gasteiger partial charge on any atom is 0.228 e. The Morgan fingerprint density at radius 2 is 1.89 bits per heavy atom. The summed E-state index contributed by atoms with van der Waals surface area (Å²) >= 11 is 1.66. The topological polar surface area (TPSA) is 29.1 Å². The van der Waals surface area contributed by atoms with Gasteiger partial charge >= 0.3 is 0 Å². The summed E-state index contributed by atoms with van der Waals surface area (Å²) in [6.45, 7) is 2.04. The average Bonchev–Trinajstić information content (AvgIpc) is 2.41. The Morgan fingerprint density at radius 3 is 2.58 bits per heavy atom. The van der Waals surface area contributed by atoms with Crippen LogP contribution in [0.25, 0.3) is 0 Å². The molecule has 0 fully saturated rings. The van der Waals surface area contributed by atoms with Crippen molar-refractivity contribution in [1.82, 2.24) is 0 Å². The fourth-order valence-corrected chi connectivity index (χ4v) is 2.26. The largest absolute Gasteiger partial charge is 0.326 e. The number of aryl methyl sites for hydroxylation is 1. The Labute approximate surface area is 118 Å². The molecule has 2 nitrogen and oxygen atoms in total. The minimum Gasteiger partial charge on any atom is -0.326 e. The van der Waals surface area contributed by atoms with E-state index in [4.69, 9.17) is 0 Å². The Kier molecular flexibility index (Phi) is 4.63. The molecule has 2 rings (SSSR count). The van der Waals surface area contributed by atoms with E-state index in [0.29, 0.717) is 6.42 Å². The summed E-state index contributed by atoms with van der Waals surface area (Å²) in [5.74, 6) is 0.0158. The number of anilines is 1. The van der Waals surface area contributed by atoms with Gasteiger partial charge < -0.3 is 5.32 Å². The summed E-state index contributed by atoms with van der Waals surface area (Å²) < 4.78 is 0. The number of hydrogen-bond acceptors (Lipinski definition) is 2. The van der Waals surface area contributed by atoms with Crippen LogP contribution in [0, 0.1) is 6.92 Å². The molecule has 0 bridgehead atoms. The number of nitrogens with one attached hydrogen (secondary N) is 1. The van der Waals surface area contributed by atoms with Gasteiger partial charge in [-0.05, 0) is 36.9 Å². The van der Waals surface area contributed by atoms with Crippen molar-refractivity contribution in [2.24, 2.45) is 0 Å². The minimum atomic E-state index is 0.0158. The molecule has 0 heterocycles. The van der Waals surface area contributed by atoms with Gasteiger partial charge in [0.15, 0.2) is 0 Å². The van der Waals surface area contributed by atoms with Crippen LogP contribution in [0.5, 0.6) is 0 Å². The number of carbonyl (C=O) groups is 1. The van der Waals surface area contributed by atoms with Crippen molar-refractivity contribution in [1.29, 1.82) is 0 Å². The standard InChI is InChI=1S/C16H17NOS/c1-12-6-8-13(9-7-12)10-16(18)17-14-4-3-5-15(11-14)19-2/h3-9,11H,10H2,1-2H3,(H,17,18). The molecule has 0 atom stereocenters. The van der Waals surface area contributed by atoms with Gasteiger partial charge in [0.1, 0.15) is 0 Å². The van der Waals surface area contributed by atoms with E-state index in [1.54, 1.807) is 11.8 Å². The zero-order valence-corrected chi connectivity index (χ0v) is 12.0. The van der Waals surface area contributed by atoms with Crippen LogP contribution < -0.4 is 5.32 Å². The van der Waals surface area contributed by atoms with Gasteiger partial charge in [-0.3, -0.25) is 4.79 Å². The summed E-state index contributed by atoms with van der Waals surface area (Å²) in [4.78, 5) is 13.1. The van der Waals surface area contributed by atoms with Crippen molar-refractivity contribution < 1.29 is 4.79 Å². The van der Waals surface area contributed by atoms with Gasteiger partial charge in [0.25, 0.3) is 0 Å². The molecular formula is C16H17NOS. The predicted octanol–water partition coefficient (Wildman–Crippen LogP) is 3.90. The van der Waals surface area contributed by atoms with Crippen LogP contribution in [0.3, 0.4) is 0 Å². The summed E-state index contributed by atoms with van der Waals surface area (Å²) in [5, 5.41) is 2.93. The minimum absolute atomic E-state index is 0.0158. The van der Waals surface area contributed by atoms with E-state index in [-0.39, 0.29) is 5.91 Å². The molecule has 3 heteroatoms. The SMILES string of the molecule is CSc1cccc(NC(=O)Cc2ccc(C)cc2)c1. The zero-order chi connectivity index (χ0) is 13.7. The fourth-order valence-electron chi connectivity index (χ4n) is 1.80. The van der Waals surface area contributed by atoms with E-state index < -0.39 is 0 Å². The van der Waals surface area contributed by atoms with Crippen LogP contribution in [0.2, 0.25) is 0 Å². The average molecular weight is 271 g/mol. The van der Waals surface area contributed by atoms with E-state index in [0.717, 1.165) is 16.1 Å². The molecule has 0 saturated carbocycles. The number of hydrogen-bond donors (Lipinski definition) is 1. The normalized spacial score (nSPS) is 10.2. The molecular weight excluding hydrogens is 254 g/mol. The summed E-state index contributed by atoms with van der Waals surface area (Å²) in [7, 11) is 0. The zero-order valence-electron chi connectivity index (χ0n) is 11.1. The van der Waals surface area contributed by atoms with Crippen LogP contribution in [-0.2, 0) is 11.2 Å². The lowest BCUT2D eigenvalue weighted by molar-refractivity contribution is -0.115. The van der Waals surface area contributed by atoms with Gasteiger partial charge in [0, 0.05) is 10.6 Å². The second kappa shape index (κ2) is 6.43. The molecule has 2 aromatic rings. The van der Waals surface area contributed by atoms with Gasteiger partial charge in [-0.2, -0.15) is 0 Å². The lowest BCUT2D eigenvalue weighted by Crippen LogP contribution is -2.14. The third-order valence-corrected chi connectivity index (χ3v) is 3.56. The highest BCUT2D eigenvalue weighted by atomic mass is 32.2. The first-order valence-electron chi connectivity index (χ1n) is 6.17. The molecule has 98 valence electrons. The van der Waals surface area contributed by atoms with Crippen molar-refractivity contribution >= 4 is 23.4 Å². The third-order valence-electron chi connectivity index (χ3n) is 2.84. The highest BCUT2D eigenvalue weighted by molar-refractivity contribution is 7.98. The van der Waals surface area contributed by atoms with Crippen LogP contribution in [0.1, 0.15) is 11.1 Å². The fraction of sp³-hybridized carbons (Fsp3) is 0.188. The van der Waals surface area contributed by atoms with Gasteiger partial charge in [0.2, 0.25) is 5.91 Å². The van der Waals surface area contributed by atoms with Crippen molar-refractivity contribution in [3.05, 3.63) is 59.7 Å². The van der Waals surface area contributed by atoms with Crippen molar-refractivity contribution in [2.45, 2.75) is 18.2 Å². The van der Waals surface area contributed by atoms with Crippen molar-refractivity contribution in [3.8, 4) is 0 Å². The van der Waals surface area contributed by atoms with Gasteiger partial charge in [-0.25, -0.2) is 0 Å². The second-order valence-corrected chi connectivity index (χ2v) is 5.32. The monoisotopic (exact) mass is 271 g/mol. The van der Waals surface area contributed by atoms with E-state index in [2.05, 4.69) is 5.32 Å².